The zero-order chi connectivity index (χ0) is 15.6. The van der Waals surface area contributed by atoms with Gasteiger partial charge < -0.3 is 15.7 Å². The van der Waals surface area contributed by atoms with Crippen LogP contribution in [0.25, 0.3) is 0 Å². The van der Waals surface area contributed by atoms with E-state index in [0.29, 0.717) is 6.07 Å². The molecule has 0 saturated heterocycles. The Labute approximate surface area is 120 Å². The second kappa shape index (κ2) is 5.78. The molecule has 0 heterocycles. The smallest absolute Gasteiger partial charge is 0.256 e. The Morgan fingerprint density at radius 3 is 2.43 bits per heavy atom. The van der Waals surface area contributed by atoms with Crippen LogP contribution in [0.5, 0.6) is 5.75 Å². The molecule has 0 unspecified atom stereocenters. The Kier molecular flexibility index (Phi) is 4.07. The van der Waals surface area contributed by atoms with Crippen LogP contribution in [0.1, 0.15) is 15.9 Å². The first kappa shape index (κ1) is 14.8. The van der Waals surface area contributed by atoms with Crippen molar-refractivity contribution in [1.82, 2.24) is 4.90 Å². The van der Waals surface area contributed by atoms with Gasteiger partial charge in [-0.3, -0.25) is 4.79 Å². The third-order valence-corrected chi connectivity index (χ3v) is 3.02. The van der Waals surface area contributed by atoms with Gasteiger partial charge in [0.25, 0.3) is 5.91 Å². The second-order valence-electron chi connectivity index (χ2n) is 4.68. The normalized spacial score (nSPS) is 10.4. The summed E-state index contributed by atoms with van der Waals surface area (Å²) in [5.41, 5.74) is 5.56. The summed E-state index contributed by atoms with van der Waals surface area (Å²) in [6.45, 7) is 0.218. The van der Waals surface area contributed by atoms with E-state index in [4.69, 9.17) is 5.73 Å². The van der Waals surface area contributed by atoms with Crippen LogP contribution in [0.15, 0.2) is 36.4 Å². The highest BCUT2D eigenvalue weighted by molar-refractivity contribution is 5.95. The Hall–Kier alpha value is -2.63. The van der Waals surface area contributed by atoms with Crippen LogP contribution in [0.2, 0.25) is 0 Å². The molecule has 0 radical (unpaired) electrons. The van der Waals surface area contributed by atoms with Gasteiger partial charge in [-0.05, 0) is 23.8 Å². The molecule has 0 aliphatic rings. The fourth-order valence-corrected chi connectivity index (χ4v) is 1.88. The van der Waals surface area contributed by atoms with Gasteiger partial charge in [0.2, 0.25) is 0 Å². The van der Waals surface area contributed by atoms with Gasteiger partial charge in [-0.25, -0.2) is 8.78 Å². The van der Waals surface area contributed by atoms with E-state index in [0.717, 1.165) is 11.6 Å². The summed E-state index contributed by atoms with van der Waals surface area (Å²) in [4.78, 5) is 13.4. The number of nitrogens with two attached hydrogens (primary N) is 1. The van der Waals surface area contributed by atoms with Crippen molar-refractivity contribution in [3.8, 4) is 5.75 Å². The lowest BCUT2D eigenvalue weighted by Gasteiger charge is -2.18. The number of anilines is 1. The first-order chi connectivity index (χ1) is 9.88. The van der Waals surface area contributed by atoms with Crippen LogP contribution in [0.4, 0.5) is 14.5 Å². The summed E-state index contributed by atoms with van der Waals surface area (Å²) >= 11 is 0. The molecule has 2 rings (SSSR count). The fraction of sp³-hybridized carbons (Fsp3) is 0.133. The Balaban J connectivity index is 2.19. The summed E-state index contributed by atoms with van der Waals surface area (Å²) < 4.78 is 26.8. The lowest BCUT2D eigenvalue weighted by Crippen LogP contribution is -2.27. The largest absolute Gasteiger partial charge is 0.508 e. The number of phenolic OH excluding ortho intramolecular Hbond substituents is 1. The highest BCUT2D eigenvalue weighted by atomic mass is 19.1. The number of carbonyl (C=O) groups is 1. The standard InChI is InChI=1S/C15H14F2N2O2/c1-19(8-9-2-4-10(20)5-3-9)15(21)11-6-14(18)13(17)7-12(11)16/h2-7,20H,8,18H2,1H3. The molecule has 0 saturated carbocycles. The van der Waals surface area contributed by atoms with E-state index in [1.807, 2.05) is 0 Å². The van der Waals surface area contributed by atoms with Crippen molar-refractivity contribution in [3.63, 3.8) is 0 Å². The van der Waals surface area contributed by atoms with E-state index in [-0.39, 0.29) is 23.5 Å². The quantitative estimate of drug-likeness (QED) is 0.854. The fourth-order valence-electron chi connectivity index (χ4n) is 1.88. The minimum atomic E-state index is -0.954. The number of hydrogen-bond acceptors (Lipinski definition) is 3. The summed E-state index contributed by atoms with van der Waals surface area (Å²) in [6, 6.07) is 7.86. The highest BCUT2D eigenvalue weighted by Gasteiger charge is 2.18. The van der Waals surface area contributed by atoms with Crippen LogP contribution in [-0.4, -0.2) is 23.0 Å². The SMILES string of the molecule is CN(Cc1ccc(O)cc1)C(=O)c1cc(N)c(F)cc1F. The Morgan fingerprint density at radius 2 is 1.81 bits per heavy atom. The topological polar surface area (TPSA) is 66.6 Å². The zero-order valence-electron chi connectivity index (χ0n) is 11.3. The van der Waals surface area contributed by atoms with Crippen LogP contribution in [0.3, 0.4) is 0 Å². The number of nitrogens with zero attached hydrogens (tertiary/aromatic N) is 1. The van der Waals surface area contributed by atoms with E-state index in [2.05, 4.69) is 0 Å². The maximum atomic E-state index is 13.7. The number of hydrogen-bond donors (Lipinski definition) is 2. The van der Waals surface area contributed by atoms with Gasteiger partial charge in [-0.1, -0.05) is 12.1 Å². The molecule has 4 nitrogen and oxygen atoms in total. The Morgan fingerprint density at radius 1 is 1.19 bits per heavy atom. The van der Waals surface area contributed by atoms with Crippen molar-refractivity contribution >= 4 is 11.6 Å². The first-order valence-corrected chi connectivity index (χ1v) is 6.16. The predicted octanol–water partition coefficient (Wildman–Crippen LogP) is 2.52. The average Bonchev–Trinajstić information content (AvgIpc) is 2.44. The molecule has 21 heavy (non-hydrogen) atoms. The first-order valence-electron chi connectivity index (χ1n) is 6.16. The summed E-state index contributed by atoms with van der Waals surface area (Å²) in [5.74, 6) is -2.34. The van der Waals surface area contributed by atoms with Crippen LogP contribution in [0, 0.1) is 11.6 Å². The molecule has 0 aliphatic carbocycles. The maximum Gasteiger partial charge on any atom is 0.256 e. The number of rotatable bonds is 3. The summed E-state index contributed by atoms with van der Waals surface area (Å²) in [6.07, 6.45) is 0. The summed E-state index contributed by atoms with van der Waals surface area (Å²) in [5, 5.41) is 9.19. The van der Waals surface area contributed by atoms with E-state index < -0.39 is 17.5 Å². The van der Waals surface area contributed by atoms with Crippen molar-refractivity contribution in [2.45, 2.75) is 6.54 Å². The maximum absolute atomic E-state index is 13.7. The van der Waals surface area contributed by atoms with Gasteiger partial charge in [-0.2, -0.15) is 0 Å². The minimum Gasteiger partial charge on any atom is -0.508 e. The molecular formula is C15H14F2N2O2. The molecule has 0 aromatic heterocycles. The van der Waals surface area contributed by atoms with E-state index in [1.165, 1.54) is 24.1 Å². The molecule has 0 spiro atoms. The number of phenols is 1. The van der Waals surface area contributed by atoms with Gasteiger partial charge >= 0.3 is 0 Å². The van der Waals surface area contributed by atoms with Gasteiger partial charge in [0.05, 0.1) is 11.3 Å². The number of benzene rings is 2. The highest BCUT2D eigenvalue weighted by Crippen LogP contribution is 2.19. The average molecular weight is 292 g/mol. The van der Waals surface area contributed by atoms with Gasteiger partial charge in [-0.15, -0.1) is 0 Å². The molecule has 1 amide bonds. The molecular weight excluding hydrogens is 278 g/mol. The molecule has 2 aromatic carbocycles. The van der Waals surface area contributed by atoms with Crippen LogP contribution in [-0.2, 0) is 6.54 Å². The molecule has 0 atom stereocenters. The van der Waals surface area contributed by atoms with E-state index in [1.54, 1.807) is 12.1 Å². The van der Waals surface area contributed by atoms with Gasteiger partial charge in [0.15, 0.2) is 0 Å². The molecule has 0 fully saturated rings. The minimum absolute atomic E-state index is 0.116. The molecule has 2 aromatic rings. The van der Waals surface area contributed by atoms with E-state index in [9.17, 15) is 18.7 Å². The lowest BCUT2D eigenvalue weighted by atomic mass is 10.1. The number of nitrogen functional groups attached to an aromatic ring is 1. The molecule has 3 N–H and O–H groups in total. The van der Waals surface area contributed by atoms with Crippen molar-refractivity contribution in [2.75, 3.05) is 12.8 Å². The molecule has 110 valence electrons. The predicted molar refractivity (Wildman–Crippen MR) is 74.7 cm³/mol. The van der Waals surface area contributed by atoms with Crippen molar-refractivity contribution in [2.24, 2.45) is 0 Å². The van der Waals surface area contributed by atoms with E-state index >= 15 is 0 Å². The van der Waals surface area contributed by atoms with Crippen molar-refractivity contribution in [1.29, 1.82) is 0 Å². The van der Waals surface area contributed by atoms with Crippen LogP contribution < -0.4 is 5.73 Å². The third-order valence-electron chi connectivity index (χ3n) is 3.02. The van der Waals surface area contributed by atoms with Gasteiger partial charge in [0.1, 0.15) is 17.4 Å². The molecule has 0 aliphatic heterocycles. The lowest BCUT2D eigenvalue weighted by molar-refractivity contribution is 0.0780. The van der Waals surface area contributed by atoms with Crippen molar-refractivity contribution in [3.05, 3.63) is 59.2 Å². The summed E-state index contributed by atoms with van der Waals surface area (Å²) in [7, 11) is 1.49. The number of carbonyl (C=O) groups excluding carboxylic acids is 1. The second-order valence-corrected chi connectivity index (χ2v) is 4.68. The molecule has 6 heteroatoms. The number of halogens is 2. The third kappa shape index (κ3) is 3.28. The van der Waals surface area contributed by atoms with Gasteiger partial charge in [0, 0.05) is 19.7 Å². The van der Waals surface area contributed by atoms with Crippen molar-refractivity contribution < 1.29 is 18.7 Å². The molecule has 0 bridgehead atoms. The monoisotopic (exact) mass is 292 g/mol. The number of amides is 1. The Bertz CT molecular complexity index is 672. The van der Waals surface area contributed by atoms with Crippen LogP contribution >= 0.6 is 0 Å². The zero-order valence-corrected chi connectivity index (χ0v) is 11.3. The number of aromatic hydroxyl groups is 1.